The summed E-state index contributed by atoms with van der Waals surface area (Å²) in [5, 5.41) is 0. The van der Waals surface area contributed by atoms with Crippen molar-refractivity contribution in [2.24, 2.45) is 0 Å². The van der Waals surface area contributed by atoms with Crippen molar-refractivity contribution in [3.8, 4) is 0 Å². The van der Waals surface area contributed by atoms with Crippen LogP contribution in [-0.2, 0) is 18.0 Å². The van der Waals surface area contributed by atoms with Gasteiger partial charge in [-0.05, 0) is 12.8 Å². The Bertz CT molecular complexity index is 383. The maximum atomic E-state index is 11.5. The molecule has 2 unspecified atom stereocenters. The molecule has 0 aromatic rings. The predicted molar refractivity (Wildman–Crippen MR) is 90.0 cm³/mol. The molecule has 140 valence electrons. The van der Waals surface area contributed by atoms with Crippen molar-refractivity contribution in [2.45, 2.75) is 90.6 Å². The summed E-state index contributed by atoms with van der Waals surface area (Å²) in [6.45, 7) is 3.98. The quantitative estimate of drug-likeness (QED) is 0.276. The molecule has 0 saturated carbocycles. The van der Waals surface area contributed by atoms with Crippen molar-refractivity contribution < 1.29 is 32.6 Å². The van der Waals surface area contributed by atoms with Crippen LogP contribution in [0.3, 0.4) is 0 Å². The van der Waals surface area contributed by atoms with E-state index in [0.717, 1.165) is 19.3 Å². The molecular formula is C14H32O7P2. The summed E-state index contributed by atoms with van der Waals surface area (Å²) in [7, 11) is -9.77. The summed E-state index contributed by atoms with van der Waals surface area (Å²) >= 11 is 0. The van der Waals surface area contributed by atoms with E-state index in [0.29, 0.717) is 12.8 Å². The molecule has 7 nitrogen and oxygen atoms in total. The van der Waals surface area contributed by atoms with Crippen molar-refractivity contribution in [1.29, 1.82) is 0 Å². The number of hydrogen-bond acceptors (Lipinski definition) is 4. The molecule has 0 aliphatic carbocycles. The minimum absolute atomic E-state index is 0.478. The van der Waals surface area contributed by atoms with E-state index in [9.17, 15) is 14.0 Å². The highest BCUT2D eigenvalue weighted by atomic mass is 31.3. The largest absolute Gasteiger partial charge is 0.481 e. The number of hydrogen-bond donors (Lipinski definition) is 3. The van der Waals surface area contributed by atoms with Crippen LogP contribution in [0.1, 0.15) is 84.5 Å². The van der Waals surface area contributed by atoms with E-state index in [1.165, 1.54) is 38.5 Å². The van der Waals surface area contributed by atoms with Gasteiger partial charge in [-0.25, -0.2) is 9.13 Å². The average molecular weight is 374 g/mol. The zero-order valence-corrected chi connectivity index (χ0v) is 16.0. The molecule has 3 N–H and O–H groups in total. The van der Waals surface area contributed by atoms with Crippen LogP contribution in [-0.4, -0.2) is 20.8 Å². The lowest BCUT2D eigenvalue weighted by atomic mass is 10.0. The first kappa shape index (κ1) is 23.3. The van der Waals surface area contributed by atoms with E-state index in [1.54, 1.807) is 6.92 Å². The predicted octanol–water partition coefficient (Wildman–Crippen LogP) is 4.91. The number of phosphoric ester groups is 1. The van der Waals surface area contributed by atoms with Gasteiger partial charge in [0.2, 0.25) is 0 Å². The number of phosphoric acid groups is 2. The highest BCUT2D eigenvalue weighted by Crippen LogP contribution is 2.58. The Balaban J connectivity index is 3.82. The zero-order valence-electron chi connectivity index (χ0n) is 14.2. The molecule has 0 aromatic heterocycles. The maximum Gasteiger partial charge on any atom is 0.481 e. The second-order valence-corrected chi connectivity index (χ2v) is 8.58. The third kappa shape index (κ3) is 15.5. The van der Waals surface area contributed by atoms with Crippen LogP contribution >= 0.6 is 15.6 Å². The van der Waals surface area contributed by atoms with Gasteiger partial charge in [0.15, 0.2) is 0 Å². The van der Waals surface area contributed by atoms with Crippen LogP contribution in [0.25, 0.3) is 0 Å². The van der Waals surface area contributed by atoms with Crippen molar-refractivity contribution in [3.05, 3.63) is 0 Å². The van der Waals surface area contributed by atoms with E-state index in [1.807, 2.05) is 0 Å². The summed E-state index contributed by atoms with van der Waals surface area (Å²) in [6, 6.07) is 0. The lowest BCUT2D eigenvalue weighted by Crippen LogP contribution is -2.11. The van der Waals surface area contributed by atoms with Crippen molar-refractivity contribution >= 4 is 15.6 Å². The summed E-state index contributed by atoms with van der Waals surface area (Å²) in [4.78, 5) is 26.4. The number of rotatable bonds is 15. The molecule has 2 atom stereocenters. The smallest absolute Gasteiger partial charge is 0.302 e. The van der Waals surface area contributed by atoms with Gasteiger partial charge >= 0.3 is 15.6 Å². The van der Waals surface area contributed by atoms with Gasteiger partial charge in [0.25, 0.3) is 0 Å². The van der Waals surface area contributed by atoms with Crippen LogP contribution in [0, 0.1) is 0 Å². The summed E-state index contributed by atoms with van der Waals surface area (Å²) in [5.41, 5.74) is 0. The van der Waals surface area contributed by atoms with E-state index in [-0.39, 0.29) is 0 Å². The van der Waals surface area contributed by atoms with Gasteiger partial charge in [-0.3, -0.25) is 4.52 Å². The lowest BCUT2D eigenvalue weighted by Gasteiger charge is -2.19. The third-order valence-corrected chi connectivity index (χ3v) is 5.82. The van der Waals surface area contributed by atoms with Crippen LogP contribution in [0.15, 0.2) is 0 Å². The summed E-state index contributed by atoms with van der Waals surface area (Å²) in [5.74, 6) is 0. The van der Waals surface area contributed by atoms with Gasteiger partial charge in [-0.15, -0.1) is 0 Å². The number of unbranched alkanes of at least 4 members (excludes halogenated alkanes) is 8. The Morgan fingerprint density at radius 3 is 1.74 bits per heavy atom. The van der Waals surface area contributed by atoms with Gasteiger partial charge < -0.3 is 14.7 Å². The van der Waals surface area contributed by atoms with Gasteiger partial charge in [-0.2, -0.15) is 4.31 Å². The van der Waals surface area contributed by atoms with Crippen LogP contribution in [0.2, 0.25) is 0 Å². The zero-order chi connectivity index (χ0) is 17.8. The van der Waals surface area contributed by atoms with Crippen molar-refractivity contribution in [1.82, 2.24) is 0 Å². The highest BCUT2D eigenvalue weighted by molar-refractivity contribution is 7.60. The van der Waals surface area contributed by atoms with Gasteiger partial charge in [0, 0.05) is 0 Å². The van der Waals surface area contributed by atoms with Crippen LogP contribution in [0.5, 0.6) is 0 Å². The Hall–Kier alpha value is 0.260. The first-order valence-corrected chi connectivity index (χ1v) is 11.5. The van der Waals surface area contributed by atoms with Crippen LogP contribution in [0.4, 0.5) is 0 Å². The van der Waals surface area contributed by atoms with Gasteiger partial charge in [0.05, 0.1) is 6.10 Å². The Labute approximate surface area is 139 Å². The van der Waals surface area contributed by atoms with Crippen molar-refractivity contribution in [2.75, 3.05) is 0 Å². The highest BCUT2D eigenvalue weighted by Gasteiger charge is 2.34. The molecule has 0 spiro atoms. The Kier molecular flexibility index (Phi) is 12.7. The fourth-order valence-electron chi connectivity index (χ4n) is 2.36. The standard InChI is InChI=1S/C14H32O7P2/c1-3-5-6-7-8-9-10-11-12-13-14(4-2)20-23(18,19)21-22(15,16)17/h14H,3-13H2,1-2H3,(H,18,19)(H2,15,16,17). The fraction of sp³-hybridized carbons (Fsp3) is 1.00. The molecule has 0 aromatic carbocycles. The minimum atomic E-state index is -5.04. The molecule has 0 amide bonds. The minimum Gasteiger partial charge on any atom is -0.302 e. The molecule has 9 heteroatoms. The third-order valence-electron chi connectivity index (χ3n) is 3.58. The monoisotopic (exact) mass is 374 g/mol. The molecule has 0 aliphatic rings. The van der Waals surface area contributed by atoms with E-state index < -0.39 is 21.7 Å². The second kappa shape index (κ2) is 12.6. The van der Waals surface area contributed by atoms with E-state index in [2.05, 4.69) is 11.2 Å². The first-order valence-electron chi connectivity index (χ1n) is 8.48. The Morgan fingerprint density at radius 1 is 0.826 bits per heavy atom. The molecule has 0 heterocycles. The topological polar surface area (TPSA) is 113 Å². The molecule has 0 bridgehead atoms. The second-order valence-electron chi connectivity index (χ2n) is 5.79. The van der Waals surface area contributed by atoms with Crippen LogP contribution < -0.4 is 0 Å². The first-order chi connectivity index (χ1) is 10.7. The molecule has 0 aliphatic heterocycles. The SMILES string of the molecule is CCCCCCCCCCCC(CC)OP(=O)(O)OP(=O)(O)O. The normalized spacial score (nSPS) is 16.2. The lowest BCUT2D eigenvalue weighted by molar-refractivity contribution is 0.116. The van der Waals surface area contributed by atoms with E-state index in [4.69, 9.17) is 14.3 Å². The maximum absolute atomic E-state index is 11.5. The molecule has 0 saturated heterocycles. The molecule has 0 rings (SSSR count). The Morgan fingerprint density at radius 2 is 1.30 bits per heavy atom. The molecule has 0 fully saturated rings. The summed E-state index contributed by atoms with van der Waals surface area (Å²) < 4.78 is 30.7. The molecule has 0 radical (unpaired) electrons. The van der Waals surface area contributed by atoms with E-state index >= 15 is 0 Å². The fourth-order valence-corrected chi connectivity index (χ4v) is 4.22. The molecular weight excluding hydrogens is 342 g/mol. The van der Waals surface area contributed by atoms with Gasteiger partial charge in [0.1, 0.15) is 0 Å². The van der Waals surface area contributed by atoms with Gasteiger partial charge in [-0.1, -0.05) is 71.6 Å². The average Bonchev–Trinajstić information content (AvgIpc) is 2.41. The van der Waals surface area contributed by atoms with Crippen molar-refractivity contribution in [3.63, 3.8) is 0 Å². The summed E-state index contributed by atoms with van der Waals surface area (Å²) in [6.07, 6.45) is 11.1. The molecule has 23 heavy (non-hydrogen) atoms.